The number of pyridine rings is 1. The molecule has 38 heavy (non-hydrogen) atoms. The Morgan fingerprint density at radius 3 is 2.34 bits per heavy atom. The van der Waals surface area contributed by atoms with Crippen LogP contribution < -0.4 is 19.5 Å². The van der Waals surface area contributed by atoms with Crippen LogP contribution in [0.15, 0.2) is 60.8 Å². The molecule has 0 radical (unpaired) electrons. The normalized spacial score (nSPS) is 10.8. The van der Waals surface area contributed by atoms with Crippen molar-refractivity contribution >= 4 is 29.1 Å². The van der Waals surface area contributed by atoms with Crippen molar-refractivity contribution in [3.05, 3.63) is 83.4 Å². The summed E-state index contributed by atoms with van der Waals surface area (Å²) in [5.74, 6) is -0.251. The van der Waals surface area contributed by atoms with Gasteiger partial charge >= 0.3 is 11.9 Å². The lowest BCUT2D eigenvalue weighted by Gasteiger charge is -2.15. The van der Waals surface area contributed by atoms with Gasteiger partial charge in [-0.25, -0.2) is 9.37 Å². The second-order valence-corrected chi connectivity index (χ2v) is 8.48. The van der Waals surface area contributed by atoms with Crippen LogP contribution in [0, 0.1) is 12.7 Å². The van der Waals surface area contributed by atoms with E-state index >= 15 is 0 Å². The quantitative estimate of drug-likeness (QED) is 0.307. The molecule has 0 aliphatic rings. The maximum atomic E-state index is 12.5. The van der Waals surface area contributed by atoms with Crippen molar-refractivity contribution in [1.82, 2.24) is 10.3 Å². The zero-order chi connectivity index (χ0) is 28.1. The molecule has 3 aromatic rings. The molecule has 3 rings (SSSR count). The van der Waals surface area contributed by atoms with Gasteiger partial charge in [-0.3, -0.25) is 9.59 Å². The van der Waals surface area contributed by atoms with E-state index < -0.39 is 11.9 Å². The first-order valence-electron chi connectivity index (χ1n) is 11.7. The number of aromatic nitrogens is 1. The van der Waals surface area contributed by atoms with Crippen LogP contribution in [0.3, 0.4) is 0 Å². The summed E-state index contributed by atoms with van der Waals surface area (Å²) < 4.78 is 33.1. The summed E-state index contributed by atoms with van der Waals surface area (Å²) in [5, 5.41) is 2.78. The summed E-state index contributed by atoms with van der Waals surface area (Å²) in [6.45, 7) is 4.82. The predicted octanol–water partition coefficient (Wildman–Crippen LogP) is 4.60. The number of methoxy groups -OCH3 is 2. The number of hydrogen-bond donors (Lipinski definition) is 1. The number of thiocarbonyl (C=S) groups is 1. The van der Waals surface area contributed by atoms with Crippen LogP contribution >= 0.6 is 12.2 Å². The lowest BCUT2D eigenvalue weighted by molar-refractivity contribution is -0.146. The summed E-state index contributed by atoms with van der Waals surface area (Å²) >= 11 is 5.28. The Bertz CT molecular complexity index is 1240. The Labute approximate surface area is 227 Å². The van der Waals surface area contributed by atoms with E-state index in [0.717, 1.165) is 11.1 Å². The molecule has 0 bridgehead atoms. The molecule has 0 amide bonds. The number of rotatable bonds is 9. The third-order valence-corrected chi connectivity index (χ3v) is 5.35. The minimum atomic E-state index is -0.538. The number of nitrogens with zero attached hydrogens (tertiary/aromatic N) is 1. The zero-order valence-corrected chi connectivity index (χ0v) is 22.8. The molecule has 0 fully saturated rings. The maximum Gasteiger partial charge on any atom is 0.325 e. The molecule has 0 aliphatic heterocycles. The average molecular weight is 543 g/mol. The van der Waals surface area contributed by atoms with Crippen molar-refractivity contribution in [2.24, 2.45) is 0 Å². The van der Waals surface area contributed by atoms with Crippen LogP contribution in [-0.2, 0) is 20.7 Å². The van der Waals surface area contributed by atoms with E-state index in [-0.39, 0.29) is 34.9 Å². The minimum Gasteiger partial charge on any atom is -0.496 e. The Morgan fingerprint density at radius 2 is 1.74 bits per heavy atom. The van der Waals surface area contributed by atoms with E-state index in [2.05, 4.69) is 10.3 Å². The average Bonchev–Trinajstić information content (AvgIpc) is 2.89. The molecule has 10 heteroatoms. The summed E-state index contributed by atoms with van der Waals surface area (Å²) in [6.07, 6.45) is 1.80. The van der Waals surface area contributed by atoms with Gasteiger partial charge in [-0.2, -0.15) is 0 Å². The third kappa shape index (κ3) is 9.78. The predicted molar refractivity (Wildman–Crippen MR) is 145 cm³/mol. The van der Waals surface area contributed by atoms with Gasteiger partial charge in [0.25, 0.3) is 0 Å². The minimum absolute atomic E-state index is 0.0980. The van der Waals surface area contributed by atoms with Gasteiger partial charge < -0.3 is 24.3 Å². The van der Waals surface area contributed by atoms with Crippen LogP contribution in [-0.4, -0.2) is 48.8 Å². The highest BCUT2D eigenvalue weighted by molar-refractivity contribution is 7.80. The first-order valence-corrected chi connectivity index (χ1v) is 12.1. The van der Waals surface area contributed by atoms with Gasteiger partial charge in [0.2, 0.25) is 5.75 Å². The molecule has 0 aliphatic carbocycles. The van der Waals surface area contributed by atoms with E-state index in [0.29, 0.717) is 17.9 Å². The highest BCUT2D eigenvalue weighted by Crippen LogP contribution is 2.29. The molecule has 1 heterocycles. The zero-order valence-electron chi connectivity index (χ0n) is 21.9. The lowest BCUT2D eigenvalue weighted by Crippen LogP contribution is -2.32. The Kier molecular flexibility index (Phi) is 12.1. The summed E-state index contributed by atoms with van der Waals surface area (Å²) in [6, 6.07) is 15.8. The molecule has 1 N–H and O–H groups in total. The van der Waals surface area contributed by atoms with Gasteiger partial charge in [-0.05, 0) is 31.0 Å². The molecular formula is C28H31FN2O6S. The molecule has 0 saturated carbocycles. The second kappa shape index (κ2) is 15.3. The van der Waals surface area contributed by atoms with Gasteiger partial charge in [0, 0.05) is 31.7 Å². The fraction of sp³-hybridized carbons (Fsp3) is 0.286. The molecule has 1 unspecified atom stereocenters. The third-order valence-electron chi connectivity index (χ3n) is 5.01. The highest BCUT2D eigenvalue weighted by Gasteiger charge is 2.19. The number of aryl methyl sites for hydroxylation is 1. The monoisotopic (exact) mass is 542 g/mol. The van der Waals surface area contributed by atoms with Crippen LogP contribution in [0.4, 0.5) is 4.39 Å². The largest absolute Gasteiger partial charge is 0.496 e. The number of carbonyl (C=O) groups excluding carboxylic acids is 2. The van der Waals surface area contributed by atoms with Gasteiger partial charge in [0.15, 0.2) is 5.75 Å². The first-order chi connectivity index (χ1) is 18.1. The molecule has 0 spiro atoms. The first kappa shape index (κ1) is 30.2. The standard InChI is InChI=1S/C20H22N2O5S.C8H9FO/c1-13(11-15-7-5-4-6-8-15)26-17(24)12-22-20(28)18-19(27-14(2)23)16(25-3)9-10-21-18;1-6-3-4-7(9)5-8(6)10-2/h4-10,13H,11-12H2,1-3H3,(H,22,28);3-5H,1-2H3. The number of nitrogens with one attached hydrogen (secondary N) is 1. The van der Waals surface area contributed by atoms with Crippen molar-refractivity contribution in [3.8, 4) is 17.2 Å². The molecule has 1 aromatic heterocycles. The number of ether oxygens (including phenoxy) is 4. The van der Waals surface area contributed by atoms with E-state index in [1.54, 1.807) is 12.1 Å². The molecule has 202 valence electrons. The van der Waals surface area contributed by atoms with E-state index in [1.807, 2.05) is 44.2 Å². The number of esters is 2. The highest BCUT2D eigenvalue weighted by atomic mass is 32.1. The molecular weight excluding hydrogens is 511 g/mol. The molecule has 2 aromatic carbocycles. The number of hydrogen-bond acceptors (Lipinski definition) is 8. The van der Waals surface area contributed by atoms with Crippen LogP contribution in [0.5, 0.6) is 17.2 Å². The Morgan fingerprint density at radius 1 is 1.05 bits per heavy atom. The number of halogens is 1. The van der Waals surface area contributed by atoms with Crippen molar-refractivity contribution in [3.63, 3.8) is 0 Å². The van der Waals surface area contributed by atoms with E-state index in [1.165, 1.54) is 39.5 Å². The SMILES string of the molecule is COc1cc(F)ccc1C.COc1ccnc(C(=S)NCC(=O)OC(C)Cc2ccccc2)c1OC(C)=O. The molecule has 0 saturated heterocycles. The van der Waals surface area contributed by atoms with Gasteiger partial charge in [0.05, 0.1) is 14.2 Å². The molecule has 1 atom stereocenters. The molecule has 8 nitrogen and oxygen atoms in total. The second-order valence-electron chi connectivity index (χ2n) is 8.07. The van der Waals surface area contributed by atoms with Crippen molar-refractivity contribution < 1.29 is 32.9 Å². The summed E-state index contributed by atoms with van der Waals surface area (Å²) in [4.78, 5) is 27.7. The Balaban J connectivity index is 0.000000423. The van der Waals surface area contributed by atoms with Crippen LogP contribution in [0.25, 0.3) is 0 Å². The lowest BCUT2D eigenvalue weighted by atomic mass is 10.1. The van der Waals surface area contributed by atoms with Crippen molar-refractivity contribution in [1.29, 1.82) is 0 Å². The van der Waals surface area contributed by atoms with Gasteiger partial charge in [0.1, 0.15) is 34.9 Å². The van der Waals surface area contributed by atoms with Gasteiger partial charge in [-0.1, -0.05) is 48.6 Å². The van der Waals surface area contributed by atoms with E-state index in [9.17, 15) is 14.0 Å². The van der Waals surface area contributed by atoms with E-state index in [4.69, 9.17) is 31.2 Å². The Hall–Kier alpha value is -4.05. The fourth-order valence-corrected chi connectivity index (χ4v) is 3.50. The summed E-state index contributed by atoms with van der Waals surface area (Å²) in [7, 11) is 2.97. The van der Waals surface area contributed by atoms with Gasteiger partial charge in [-0.15, -0.1) is 0 Å². The maximum absolute atomic E-state index is 12.5. The fourth-order valence-electron chi connectivity index (χ4n) is 3.28. The topological polar surface area (TPSA) is 96.0 Å². The van der Waals surface area contributed by atoms with Crippen molar-refractivity contribution in [2.75, 3.05) is 20.8 Å². The van der Waals surface area contributed by atoms with Crippen molar-refractivity contribution in [2.45, 2.75) is 33.3 Å². The summed E-state index contributed by atoms with van der Waals surface area (Å²) in [5.41, 5.74) is 2.23. The smallest absolute Gasteiger partial charge is 0.325 e. The van der Waals surface area contributed by atoms with Crippen LogP contribution in [0.2, 0.25) is 0 Å². The number of carbonyl (C=O) groups is 2. The van der Waals surface area contributed by atoms with Crippen LogP contribution in [0.1, 0.15) is 30.7 Å². The number of benzene rings is 2.